The van der Waals surface area contributed by atoms with E-state index in [0.29, 0.717) is 51.1 Å². The number of methoxy groups -OCH3 is 2. The van der Waals surface area contributed by atoms with Gasteiger partial charge in [0.15, 0.2) is 0 Å². The molecule has 7 aromatic heterocycles. The van der Waals surface area contributed by atoms with Gasteiger partial charge < -0.3 is 38.2 Å². The van der Waals surface area contributed by atoms with E-state index < -0.39 is 0 Å². The number of benzene rings is 3. The zero-order valence-corrected chi connectivity index (χ0v) is 48.6. The second kappa shape index (κ2) is 21.9. The van der Waals surface area contributed by atoms with Gasteiger partial charge in [0.1, 0.15) is 18.9 Å². The normalized spacial score (nSPS) is 17.8. The number of nitrogens with zero attached hydrogens (tertiary/aromatic N) is 14. The van der Waals surface area contributed by atoms with Crippen LogP contribution in [0.2, 0.25) is 0 Å². The molecule has 3 aromatic carbocycles. The van der Waals surface area contributed by atoms with E-state index in [1.807, 2.05) is 85.1 Å². The zero-order chi connectivity index (χ0) is 58.7. The van der Waals surface area contributed by atoms with Crippen LogP contribution in [-0.2, 0) is 55.3 Å². The summed E-state index contributed by atoms with van der Waals surface area (Å²) in [6.07, 6.45) is 11.5. The molecule has 0 bridgehead atoms. The van der Waals surface area contributed by atoms with Crippen molar-refractivity contribution < 1.29 is 33.3 Å². The summed E-state index contributed by atoms with van der Waals surface area (Å²) in [5.41, 5.74) is 13.1. The lowest BCUT2D eigenvalue weighted by molar-refractivity contribution is 0.0243. The molecule has 86 heavy (non-hydrogen) atoms. The minimum absolute atomic E-state index is 0.00416. The average Bonchev–Trinajstić information content (AvgIpc) is 1.61. The number of fused-ring (bicyclic) bond motifs is 9. The number of carbonyl (C=O) groups excluding carboxylic acids is 3. The van der Waals surface area contributed by atoms with Crippen LogP contribution in [0.5, 0.6) is 0 Å². The van der Waals surface area contributed by atoms with Crippen LogP contribution in [0.4, 0.5) is 9.59 Å². The van der Waals surface area contributed by atoms with E-state index in [0.717, 1.165) is 112 Å². The lowest BCUT2D eigenvalue weighted by Gasteiger charge is -2.47. The van der Waals surface area contributed by atoms with E-state index in [2.05, 4.69) is 95.5 Å². The Bertz CT molecular complexity index is 4220. The number of aryl methyl sites for hydroxylation is 3. The van der Waals surface area contributed by atoms with Gasteiger partial charge in [-0.05, 0) is 80.8 Å². The molecule has 21 nitrogen and oxygen atoms in total. The molecular weight excluding hydrogens is 1090 g/mol. The topological polar surface area (TPSA) is 208 Å². The molecule has 0 aliphatic carbocycles. The predicted molar refractivity (Wildman–Crippen MR) is 321 cm³/mol. The number of likely N-dealkylation sites (tertiary alicyclic amines) is 3. The highest BCUT2D eigenvalue weighted by Gasteiger charge is 2.55. The first-order chi connectivity index (χ1) is 41.9. The lowest BCUT2D eigenvalue weighted by atomic mass is 9.75. The molecule has 3 saturated heterocycles. The van der Waals surface area contributed by atoms with Crippen molar-refractivity contribution in [3.63, 3.8) is 0 Å². The SMILES string of the molecule is COCCOC(=O)N1CC2(CC(C)n3nc(-c4cnc5ccccc5c4)cc32)C1.COCCOC(=O)N1CC2(CCn3nc(-c4cnc5ccccc5c4)cc32)C1.Cn1cncc1C(=O)N1CC2(CCn3nc(-c4cnc5ccccc5c4)cc32)C1. The van der Waals surface area contributed by atoms with Crippen molar-refractivity contribution in [1.29, 1.82) is 0 Å². The summed E-state index contributed by atoms with van der Waals surface area (Å²) in [6.45, 7) is 9.53. The minimum Gasteiger partial charge on any atom is -0.447 e. The largest absolute Gasteiger partial charge is 0.447 e. The fourth-order valence-corrected chi connectivity index (χ4v) is 13.6. The molecule has 0 saturated carbocycles. The van der Waals surface area contributed by atoms with Gasteiger partial charge >= 0.3 is 12.2 Å². The van der Waals surface area contributed by atoms with Crippen LogP contribution >= 0.6 is 0 Å². The molecule has 6 aliphatic heterocycles. The molecule has 21 heteroatoms. The molecule has 438 valence electrons. The van der Waals surface area contributed by atoms with E-state index in [-0.39, 0.29) is 47.6 Å². The Morgan fingerprint density at radius 1 is 0.523 bits per heavy atom. The summed E-state index contributed by atoms with van der Waals surface area (Å²) in [7, 11) is 5.04. The first-order valence-electron chi connectivity index (χ1n) is 29.3. The van der Waals surface area contributed by atoms with E-state index in [9.17, 15) is 14.4 Å². The van der Waals surface area contributed by atoms with E-state index in [1.165, 1.54) is 17.1 Å². The predicted octanol–water partition coefficient (Wildman–Crippen LogP) is 8.87. The van der Waals surface area contributed by atoms with Gasteiger partial charge in [-0.25, -0.2) is 14.6 Å². The summed E-state index contributed by atoms with van der Waals surface area (Å²) < 4.78 is 28.4. The molecule has 6 aliphatic rings. The van der Waals surface area contributed by atoms with Crippen molar-refractivity contribution in [2.24, 2.45) is 7.05 Å². The highest BCUT2D eigenvalue weighted by atomic mass is 16.6. The molecule has 13 heterocycles. The van der Waals surface area contributed by atoms with E-state index in [4.69, 9.17) is 34.2 Å². The van der Waals surface area contributed by atoms with Gasteiger partial charge in [0.2, 0.25) is 0 Å². The Labute approximate surface area is 496 Å². The monoisotopic (exact) mass is 1150 g/mol. The van der Waals surface area contributed by atoms with Gasteiger partial charge in [0.05, 0.1) is 65.4 Å². The van der Waals surface area contributed by atoms with Crippen molar-refractivity contribution in [2.45, 2.75) is 61.6 Å². The van der Waals surface area contributed by atoms with Crippen LogP contribution in [0.1, 0.15) is 59.8 Å². The lowest BCUT2D eigenvalue weighted by Crippen LogP contribution is -2.60. The quantitative estimate of drug-likeness (QED) is 0.117. The van der Waals surface area contributed by atoms with Crippen molar-refractivity contribution in [2.75, 3.05) is 79.9 Å². The Balaban J connectivity index is 0.000000114. The number of ether oxygens (including phenoxy) is 4. The highest BCUT2D eigenvalue weighted by Crippen LogP contribution is 2.49. The second-order valence-corrected chi connectivity index (χ2v) is 23.8. The number of carbonyl (C=O) groups is 3. The Hall–Kier alpha value is -9.34. The summed E-state index contributed by atoms with van der Waals surface area (Å²) in [4.78, 5) is 60.3. The van der Waals surface area contributed by atoms with Crippen molar-refractivity contribution >= 4 is 50.8 Å². The number of para-hydroxylation sites is 3. The van der Waals surface area contributed by atoms with Crippen LogP contribution in [-0.4, -0.2) is 167 Å². The third-order valence-electron chi connectivity index (χ3n) is 18.1. The summed E-state index contributed by atoms with van der Waals surface area (Å²) >= 11 is 0. The Morgan fingerprint density at radius 3 is 1.41 bits per heavy atom. The van der Waals surface area contributed by atoms with Crippen molar-refractivity contribution in [3.8, 4) is 33.8 Å². The van der Waals surface area contributed by atoms with E-state index in [1.54, 1.807) is 41.1 Å². The second-order valence-electron chi connectivity index (χ2n) is 23.8. The van der Waals surface area contributed by atoms with Gasteiger partial charge in [-0.1, -0.05) is 54.6 Å². The first-order valence-corrected chi connectivity index (χ1v) is 29.3. The molecular formula is C65H66N14O7. The van der Waals surface area contributed by atoms with E-state index >= 15 is 0 Å². The van der Waals surface area contributed by atoms with Crippen LogP contribution in [0.3, 0.4) is 0 Å². The summed E-state index contributed by atoms with van der Waals surface area (Å²) in [6, 6.07) is 37.5. The molecule has 1 atom stereocenters. The zero-order valence-electron chi connectivity index (χ0n) is 48.6. The van der Waals surface area contributed by atoms with Gasteiger partial charge in [0.25, 0.3) is 5.91 Å². The van der Waals surface area contributed by atoms with Crippen LogP contribution in [0.15, 0.2) is 140 Å². The fourth-order valence-electron chi connectivity index (χ4n) is 13.6. The maximum absolute atomic E-state index is 12.7. The summed E-state index contributed by atoms with van der Waals surface area (Å²) in [5, 5.41) is 17.9. The number of rotatable bonds is 10. The number of pyridine rings is 3. The minimum atomic E-state index is -0.266. The third-order valence-corrected chi connectivity index (χ3v) is 18.1. The smallest absolute Gasteiger partial charge is 0.409 e. The third kappa shape index (κ3) is 9.77. The van der Waals surface area contributed by atoms with Gasteiger partial charge in [-0.3, -0.25) is 33.8 Å². The number of imidazole rings is 1. The molecule has 3 fully saturated rings. The number of amides is 3. The molecule has 16 rings (SSSR count). The molecule has 10 aromatic rings. The molecule has 3 amide bonds. The van der Waals surface area contributed by atoms with Crippen molar-refractivity contribution in [3.05, 3.63) is 163 Å². The first kappa shape index (κ1) is 54.6. The molecule has 3 spiro atoms. The van der Waals surface area contributed by atoms with Gasteiger partial charge in [-0.2, -0.15) is 15.3 Å². The van der Waals surface area contributed by atoms with Crippen LogP contribution in [0, 0.1) is 0 Å². The molecule has 1 unspecified atom stereocenters. The van der Waals surface area contributed by atoms with Gasteiger partial charge in [-0.15, -0.1) is 0 Å². The van der Waals surface area contributed by atoms with Crippen LogP contribution in [0.25, 0.3) is 66.5 Å². The maximum Gasteiger partial charge on any atom is 0.409 e. The van der Waals surface area contributed by atoms with Gasteiger partial charge in [0, 0.05) is 158 Å². The standard InChI is InChI=1S/C22H20N6O.C22H24N4O3.C21H22N4O3/c1-26-14-23-11-19(26)21(29)27-12-22(13-27)6-7-28-20(22)9-18(25-28)16-8-15-4-2-3-5-17(15)24-10-16;1-15-11-22(13-25(14-22)21(27)29-8-7-28-2)20-10-19(24-26(15)20)17-9-16-5-3-4-6-18(16)23-12-17;1-27-8-9-28-20(26)24-13-21(14-24)6-7-25-19(21)11-18(23-25)16-10-15-4-2-3-5-17(15)22-12-16/h2-5,8-11,14H,6-7,12-13H2,1H3;3-6,9-10,12,15H,7-8,11,13-14H2,1-2H3;2-5,10-12H,6-9,13-14H2,1H3. The number of hydrogen-bond donors (Lipinski definition) is 0. The molecule has 0 radical (unpaired) electrons. The van der Waals surface area contributed by atoms with Crippen LogP contribution < -0.4 is 0 Å². The van der Waals surface area contributed by atoms with Crippen molar-refractivity contribution in [1.82, 2.24) is 68.5 Å². The average molecular weight is 1160 g/mol. The summed E-state index contributed by atoms with van der Waals surface area (Å²) in [5.74, 6) is 0.0487. The number of hydrogen-bond acceptors (Lipinski definition) is 14. The Kier molecular flexibility index (Phi) is 13.9. The maximum atomic E-state index is 12.7. The Morgan fingerprint density at radius 2 is 0.953 bits per heavy atom. The highest BCUT2D eigenvalue weighted by molar-refractivity contribution is 5.93. The molecule has 0 N–H and O–H groups in total. The number of aromatic nitrogens is 11. The fraction of sp³-hybridized carbons (Fsp3) is 0.354.